The van der Waals surface area contributed by atoms with Crippen molar-refractivity contribution in [1.29, 1.82) is 0 Å². The van der Waals surface area contributed by atoms with Gasteiger partial charge in [0, 0.05) is 31.4 Å². The fourth-order valence-electron chi connectivity index (χ4n) is 1.14. The summed E-state index contributed by atoms with van der Waals surface area (Å²) in [6, 6.07) is 0.196. The minimum absolute atomic E-state index is 0.0584. The molecule has 2 N–H and O–H groups in total. The number of carbonyl (C=O) groups is 1. The minimum atomic E-state index is 0.0584. The average molecular weight is 213 g/mol. The molecule has 14 heavy (non-hydrogen) atoms. The molecule has 0 bridgehead atoms. The van der Waals surface area contributed by atoms with Gasteiger partial charge in [0.25, 0.3) is 0 Å². The van der Waals surface area contributed by atoms with Gasteiger partial charge in [0.15, 0.2) is 4.77 Å². The molecule has 0 atom stereocenters. The highest BCUT2D eigenvalue weighted by Gasteiger charge is 2.03. The van der Waals surface area contributed by atoms with Crippen LogP contribution in [0.2, 0.25) is 0 Å². The lowest BCUT2D eigenvalue weighted by atomic mass is 10.3. The van der Waals surface area contributed by atoms with E-state index in [-0.39, 0.29) is 11.9 Å². The molecule has 0 saturated heterocycles. The molecule has 5 heteroatoms. The molecular formula is C9H15N3OS. The molecule has 0 aromatic carbocycles. The number of amides is 1. The van der Waals surface area contributed by atoms with Crippen molar-refractivity contribution in [3.8, 4) is 0 Å². The summed E-state index contributed by atoms with van der Waals surface area (Å²) in [5.74, 6) is 0.0584. The Morgan fingerprint density at radius 3 is 2.93 bits per heavy atom. The zero-order chi connectivity index (χ0) is 10.6. The number of hydrogen-bond donors (Lipinski definition) is 2. The predicted molar refractivity (Wildman–Crippen MR) is 57.5 cm³/mol. The van der Waals surface area contributed by atoms with Crippen molar-refractivity contribution in [2.45, 2.75) is 32.9 Å². The first-order valence-electron chi connectivity index (χ1n) is 4.63. The van der Waals surface area contributed by atoms with Crippen molar-refractivity contribution in [1.82, 2.24) is 14.9 Å². The number of carbonyl (C=O) groups excluding carboxylic acids is 1. The van der Waals surface area contributed by atoms with Crippen LogP contribution < -0.4 is 5.32 Å². The van der Waals surface area contributed by atoms with E-state index < -0.39 is 0 Å². The Morgan fingerprint density at radius 1 is 1.71 bits per heavy atom. The first-order valence-corrected chi connectivity index (χ1v) is 5.03. The Balaban J connectivity index is 2.38. The molecule has 0 spiro atoms. The van der Waals surface area contributed by atoms with Gasteiger partial charge in [-0.15, -0.1) is 0 Å². The minimum Gasteiger partial charge on any atom is -0.354 e. The number of aromatic amines is 1. The molecule has 0 saturated carbocycles. The van der Waals surface area contributed by atoms with Crippen LogP contribution >= 0.6 is 12.2 Å². The summed E-state index contributed by atoms with van der Waals surface area (Å²) in [5.41, 5.74) is 0. The average Bonchev–Trinajstić information content (AvgIpc) is 2.46. The van der Waals surface area contributed by atoms with Crippen LogP contribution in [-0.4, -0.2) is 21.5 Å². The molecule has 0 unspecified atom stereocenters. The summed E-state index contributed by atoms with van der Waals surface area (Å²) in [6.07, 6.45) is 4.07. The number of hydrogen-bond acceptors (Lipinski definition) is 2. The van der Waals surface area contributed by atoms with Gasteiger partial charge < -0.3 is 14.9 Å². The molecule has 4 nitrogen and oxygen atoms in total. The lowest BCUT2D eigenvalue weighted by molar-refractivity contribution is -0.121. The second-order valence-electron chi connectivity index (χ2n) is 3.43. The van der Waals surface area contributed by atoms with Crippen LogP contribution in [0.5, 0.6) is 0 Å². The fraction of sp³-hybridized carbons (Fsp3) is 0.556. The van der Waals surface area contributed by atoms with E-state index in [1.165, 1.54) is 0 Å². The first kappa shape index (κ1) is 11.0. The van der Waals surface area contributed by atoms with Gasteiger partial charge in [0.2, 0.25) is 5.91 Å². The van der Waals surface area contributed by atoms with E-state index in [1.807, 2.05) is 24.6 Å². The molecule has 1 amide bonds. The first-order chi connectivity index (χ1) is 6.59. The van der Waals surface area contributed by atoms with Crippen LogP contribution in [0.3, 0.4) is 0 Å². The van der Waals surface area contributed by atoms with Gasteiger partial charge in [-0.3, -0.25) is 4.79 Å². The smallest absolute Gasteiger partial charge is 0.221 e. The van der Waals surface area contributed by atoms with E-state index in [4.69, 9.17) is 12.2 Å². The number of rotatable bonds is 4. The number of aryl methyl sites for hydroxylation is 1. The van der Waals surface area contributed by atoms with Crippen molar-refractivity contribution in [3.05, 3.63) is 17.2 Å². The van der Waals surface area contributed by atoms with E-state index in [9.17, 15) is 4.79 Å². The van der Waals surface area contributed by atoms with Gasteiger partial charge in [0.05, 0.1) is 0 Å². The van der Waals surface area contributed by atoms with Gasteiger partial charge >= 0.3 is 0 Å². The molecule has 1 aromatic heterocycles. The van der Waals surface area contributed by atoms with Crippen LogP contribution in [0.1, 0.15) is 20.3 Å². The van der Waals surface area contributed by atoms with Gasteiger partial charge in [-0.05, 0) is 26.1 Å². The number of H-pyrrole nitrogens is 1. The molecule has 0 aliphatic heterocycles. The van der Waals surface area contributed by atoms with Crippen LogP contribution in [0.15, 0.2) is 12.4 Å². The Bertz CT molecular complexity index is 353. The molecule has 1 aromatic rings. The number of aromatic nitrogens is 2. The summed E-state index contributed by atoms with van der Waals surface area (Å²) in [6.45, 7) is 4.51. The van der Waals surface area contributed by atoms with Crippen molar-refractivity contribution in [2.75, 3.05) is 0 Å². The van der Waals surface area contributed by atoms with Crippen molar-refractivity contribution in [2.24, 2.45) is 0 Å². The third kappa shape index (κ3) is 3.33. The Kier molecular flexibility index (Phi) is 3.88. The molecular weight excluding hydrogens is 198 g/mol. The predicted octanol–water partition coefficient (Wildman–Crippen LogP) is 1.46. The van der Waals surface area contributed by atoms with Crippen LogP contribution in [0, 0.1) is 4.77 Å². The maximum Gasteiger partial charge on any atom is 0.221 e. The van der Waals surface area contributed by atoms with Crippen LogP contribution in [-0.2, 0) is 11.3 Å². The second kappa shape index (κ2) is 4.95. The fourth-order valence-corrected chi connectivity index (χ4v) is 1.36. The largest absolute Gasteiger partial charge is 0.354 e. The molecule has 1 rings (SSSR count). The van der Waals surface area contributed by atoms with E-state index in [0.717, 1.165) is 0 Å². The Hall–Kier alpha value is -1.10. The molecule has 0 radical (unpaired) electrons. The maximum atomic E-state index is 11.3. The van der Waals surface area contributed by atoms with Gasteiger partial charge in [-0.25, -0.2) is 0 Å². The van der Waals surface area contributed by atoms with Gasteiger partial charge in [-0.2, -0.15) is 0 Å². The molecule has 0 fully saturated rings. The summed E-state index contributed by atoms with van der Waals surface area (Å²) in [7, 11) is 0. The number of imidazole rings is 1. The molecule has 1 heterocycles. The van der Waals surface area contributed by atoms with Crippen LogP contribution in [0.25, 0.3) is 0 Å². The summed E-state index contributed by atoms with van der Waals surface area (Å²) >= 11 is 5.00. The van der Waals surface area contributed by atoms with Crippen molar-refractivity contribution >= 4 is 18.1 Å². The van der Waals surface area contributed by atoms with Crippen molar-refractivity contribution < 1.29 is 4.79 Å². The standard InChI is InChI=1S/C9H15N3OS/c1-7(2)11-8(13)3-5-12-6-4-10-9(12)14/h4,6-7H,3,5H2,1-2H3,(H,10,14)(H,11,13). The van der Waals surface area contributed by atoms with E-state index in [1.54, 1.807) is 6.20 Å². The highest BCUT2D eigenvalue weighted by molar-refractivity contribution is 7.71. The monoisotopic (exact) mass is 213 g/mol. The van der Waals surface area contributed by atoms with Crippen molar-refractivity contribution in [3.63, 3.8) is 0 Å². The van der Waals surface area contributed by atoms with E-state index in [0.29, 0.717) is 17.7 Å². The number of nitrogens with zero attached hydrogens (tertiary/aromatic N) is 1. The topological polar surface area (TPSA) is 49.8 Å². The zero-order valence-corrected chi connectivity index (χ0v) is 9.23. The third-order valence-corrected chi connectivity index (χ3v) is 2.10. The van der Waals surface area contributed by atoms with Gasteiger partial charge in [0.1, 0.15) is 0 Å². The van der Waals surface area contributed by atoms with E-state index in [2.05, 4.69) is 10.3 Å². The summed E-state index contributed by atoms with van der Waals surface area (Å²) in [4.78, 5) is 14.2. The third-order valence-electron chi connectivity index (χ3n) is 1.75. The highest BCUT2D eigenvalue weighted by Crippen LogP contribution is 1.94. The quantitative estimate of drug-likeness (QED) is 0.744. The molecule has 0 aliphatic carbocycles. The molecule has 0 aliphatic rings. The maximum absolute atomic E-state index is 11.3. The lowest BCUT2D eigenvalue weighted by Gasteiger charge is -2.08. The highest BCUT2D eigenvalue weighted by atomic mass is 32.1. The zero-order valence-electron chi connectivity index (χ0n) is 8.41. The lowest BCUT2D eigenvalue weighted by Crippen LogP contribution is -2.30. The normalized spacial score (nSPS) is 10.5. The summed E-state index contributed by atoms with van der Waals surface area (Å²) < 4.78 is 2.50. The Morgan fingerprint density at radius 2 is 2.43 bits per heavy atom. The molecule has 78 valence electrons. The van der Waals surface area contributed by atoms with Crippen LogP contribution in [0.4, 0.5) is 0 Å². The Labute approximate surface area is 88.3 Å². The number of nitrogens with one attached hydrogen (secondary N) is 2. The van der Waals surface area contributed by atoms with Gasteiger partial charge in [-0.1, -0.05) is 0 Å². The SMILES string of the molecule is CC(C)NC(=O)CCn1cc[nH]c1=S. The van der Waals surface area contributed by atoms with E-state index >= 15 is 0 Å². The second-order valence-corrected chi connectivity index (χ2v) is 3.82. The summed E-state index contributed by atoms with van der Waals surface area (Å²) in [5, 5.41) is 2.83.